The van der Waals surface area contributed by atoms with Crippen LogP contribution in [0.5, 0.6) is 0 Å². The van der Waals surface area contributed by atoms with E-state index in [0.717, 1.165) is 12.8 Å². The van der Waals surface area contributed by atoms with Crippen LogP contribution in [-0.2, 0) is 10.1 Å². The van der Waals surface area contributed by atoms with Crippen LogP contribution >= 0.6 is 0 Å². The van der Waals surface area contributed by atoms with Gasteiger partial charge in [0.2, 0.25) is 0 Å². The summed E-state index contributed by atoms with van der Waals surface area (Å²) >= 11 is 0. The largest absolute Gasteiger partial charge is 1.00 e. The maximum atomic E-state index is 10.7. The number of hydrogen-bond donors (Lipinski definition) is 1. The molecule has 20 heavy (non-hydrogen) atoms. The van der Waals surface area contributed by atoms with E-state index in [2.05, 4.69) is 6.92 Å². The number of hydrogen-bond acceptors (Lipinski definition) is 4. The first-order valence-corrected chi connectivity index (χ1v) is 9.05. The van der Waals surface area contributed by atoms with Gasteiger partial charge >= 0.3 is 29.6 Å². The van der Waals surface area contributed by atoms with Crippen LogP contribution < -0.4 is 29.6 Å². The molecular weight excluding hydrogens is 287 g/mol. The third-order valence-corrected chi connectivity index (χ3v) is 4.69. The maximum absolute atomic E-state index is 10.7. The standard InChI is InChI=1S/C14H30O4S.Na/c1-2-3-4-5-6-7-8-9-10-11-12-14(13-15)19(16,17)18;/h14-15H,2-13H2,1H3,(H,16,17,18);/q;+1/p-1. The van der Waals surface area contributed by atoms with Gasteiger partial charge in [0, 0.05) is 0 Å². The van der Waals surface area contributed by atoms with Gasteiger partial charge < -0.3 is 9.66 Å². The molecule has 116 valence electrons. The fourth-order valence-corrected chi connectivity index (χ4v) is 2.82. The molecule has 0 saturated carbocycles. The van der Waals surface area contributed by atoms with Gasteiger partial charge in [0.25, 0.3) is 0 Å². The number of aliphatic hydroxyl groups excluding tert-OH is 1. The molecule has 0 saturated heterocycles. The van der Waals surface area contributed by atoms with Gasteiger partial charge in [-0.2, -0.15) is 0 Å². The molecule has 0 spiro atoms. The first-order chi connectivity index (χ1) is 9.02. The van der Waals surface area contributed by atoms with Crippen molar-refractivity contribution in [1.29, 1.82) is 0 Å². The zero-order valence-electron chi connectivity index (χ0n) is 13.1. The van der Waals surface area contributed by atoms with Crippen molar-refractivity contribution in [2.75, 3.05) is 6.61 Å². The zero-order valence-corrected chi connectivity index (χ0v) is 16.0. The summed E-state index contributed by atoms with van der Waals surface area (Å²) in [5, 5.41) is 7.72. The summed E-state index contributed by atoms with van der Waals surface area (Å²) in [4.78, 5) is 0. The average molecular weight is 316 g/mol. The summed E-state index contributed by atoms with van der Waals surface area (Å²) in [5.41, 5.74) is 0. The van der Waals surface area contributed by atoms with Gasteiger partial charge in [-0.1, -0.05) is 71.1 Å². The molecule has 0 aliphatic rings. The van der Waals surface area contributed by atoms with Crippen molar-refractivity contribution >= 4 is 10.1 Å². The second-order valence-corrected chi connectivity index (χ2v) is 6.92. The van der Waals surface area contributed by atoms with Crippen LogP contribution in [0.4, 0.5) is 0 Å². The Labute approximate surface area is 146 Å². The molecule has 0 aromatic heterocycles. The third-order valence-electron chi connectivity index (χ3n) is 3.49. The normalized spacial score (nSPS) is 12.9. The van der Waals surface area contributed by atoms with Crippen LogP contribution in [-0.4, -0.2) is 29.9 Å². The second-order valence-electron chi connectivity index (χ2n) is 5.27. The Hall–Kier alpha value is 0.870. The number of aliphatic hydroxyl groups is 1. The SMILES string of the molecule is CCCCCCCCCCCCC(CO)S(=O)(=O)[O-].[Na+]. The van der Waals surface area contributed by atoms with Crippen LogP contribution in [0.25, 0.3) is 0 Å². The minimum atomic E-state index is -4.33. The van der Waals surface area contributed by atoms with E-state index in [0.29, 0.717) is 12.8 Å². The van der Waals surface area contributed by atoms with E-state index >= 15 is 0 Å². The van der Waals surface area contributed by atoms with Crippen molar-refractivity contribution in [3.63, 3.8) is 0 Å². The molecule has 4 nitrogen and oxygen atoms in total. The molecule has 0 bridgehead atoms. The van der Waals surface area contributed by atoms with Gasteiger partial charge in [-0.25, -0.2) is 8.42 Å². The topological polar surface area (TPSA) is 77.4 Å². The molecule has 1 unspecified atom stereocenters. The fraction of sp³-hybridized carbons (Fsp3) is 1.00. The van der Waals surface area contributed by atoms with Crippen LogP contribution in [0.3, 0.4) is 0 Å². The molecule has 0 aromatic rings. The Morgan fingerprint density at radius 2 is 1.30 bits per heavy atom. The van der Waals surface area contributed by atoms with Crippen LogP contribution in [0.1, 0.15) is 77.6 Å². The summed E-state index contributed by atoms with van der Waals surface area (Å²) in [7, 11) is -4.33. The van der Waals surface area contributed by atoms with E-state index in [-0.39, 0.29) is 29.6 Å². The second kappa shape index (κ2) is 14.8. The van der Waals surface area contributed by atoms with Gasteiger partial charge in [-0.3, -0.25) is 0 Å². The van der Waals surface area contributed by atoms with E-state index in [1.165, 1.54) is 44.9 Å². The molecule has 1 atom stereocenters. The van der Waals surface area contributed by atoms with Crippen molar-refractivity contribution in [2.45, 2.75) is 82.8 Å². The van der Waals surface area contributed by atoms with Crippen LogP contribution in [0, 0.1) is 0 Å². The fourth-order valence-electron chi connectivity index (χ4n) is 2.19. The smallest absolute Gasteiger partial charge is 0.748 e. The monoisotopic (exact) mass is 316 g/mol. The first-order valence-electron chi connectivity index (χ1n) is 7.58. The minimum absolute atomic E-state index is 0. The first kappa shape index (κ1) is 23.1. The van der Waals surface area contributed by atoms with Gasteiger partial charge in [-0.05, 0) is 6.42 Å². The van der Waals surface area contributed by atoms with Gasteiger partial charge in [0.05, 0.1) is 22.0 Å². The van der Waals surface area contributed by atoms with Crippen molar-refractivity contribution < 1.29 is 47.6 Å². The van der Waals surface area contributed by atoms with E-state index in [4.69, 9.17) is 5.11 Å². The van der Waals surface area contributed by atoms with Crippen molar-refractivity contribution in [2.24, 2.45) is 0 Å². The molecular formula is C14H29NaO4S. The Morgan fingerprint density at radius 3 is 1.65 bits per heavy atom. The van der Waals surface area contributed by atoms with E-state index in [9.17, 15) is 13.0 Å². The van der Waals surface area contributed by atoms with Crippen LogP contribution in [0.15, 0.2) is 0 Å². The molecule has 0 amide bonds. The molecule has 6 heteroatoms. The third kappa shape index (κ3) is 13.8. The predicted molar refractivity (Wildman–Crippen MR) is 77.0 cm³/mol. The van der Waals surface area contributed by atoms with E-state index < -0.39 is 22.0 Å². The predicted octanol–water partition coefficient (Wildman–Crippen LogP) is 0.208. The molecule has 1 N–H and O–H groups in total. The van der Waals surface area contributed by atoms with Gasteiger partial charge in [0.1, 0.15) is 0 Å². The summed E-state index contributed by atoms with van der Waals surface area (Å²) in [6, 6.07) is 0. The summed E-state index contributed by atoms with van der Waals surface area (Å²) < 4.78 is 32.2. The number of unbranched alkanes of at least 4 members (excludes halogenated alkanes) is 9. The molecule has 0 heterocycles. The Balaban J connectivity index is 0. The molecule has 0 aliphatic heterocycles. The van der Waals surface area contributed by atoms with Gasteiger partial charge in [-0.15, -0.1) is 0 Å². The summed E-state index contributed by atoms with van der Waals surface area (Å²) in [5.74, 6) is 0. The van der Waals surface area contributed by atoms with Crippen molar-refractivity contribution in [3.8, 4) is 0 Å². The molecule has 0 aromatic carbocycles. The van der Waals surface area contributed by atoms with Crippen LogP contribution in [0.2, 0.25) is 0 Å². The molecule has 0 radical (unpaired) electrons. The zero-order chi connectivity index (χ0) is 14.6. The van der Waals surface area contributed by atoms with E-state index in [1.54, 1.807) is 0 Å². The maximum Gasteiger partial charge on any atom is 1.00 e. The minimum Gasteiger partial charge on any atom is -0.748 e. The van der Waals surface area contributed by atoms with Crippen molar-refractivity contribution in [3.05, 3.63) is 0 Å². The Bertz CT molecular complexity index is 294. The average Bonchev–Trinajstić information content (AvgIpc) is 2.34. The van der Waals surface area contributed by atoms with Gasteiger partial charge in [0.15, 0.2) is 0 Å². The summed E-state index contributed by atoms with van der Waals surface area (Å²) in [6.07, 6.45) is 12.0. The number of rotatable bonds is 13. The Morgan fingerprint density at radius 1 is 0.900 bits per heavy atom. The van der Waals surface area contributed by atoms with E-state index in [1.807, 2.05) is 0 Å². The molecule has 0 aliphatic carbocycles. The summed E-state index contributed by atoms with van der Waals surface area (Å²) in [6.45, 7) is 1.66. The molecule has 0 rings (SSSR count). The quantitative estimate of drug-likeness (QED) is 0.299. The molecule has 0 fully saturated rings. The Kier molecular flexibility index (Phi) is 17.1. The van der Waals surface area contributed by atoms with Crippen molar-refractivity contribution in [1.82, 2.24) is 0 Å².